The molecule has 0 aromatic heterocycles. The Morgan fingerprint density at radius 2 is 0.833 bits per heavy atom. The van der Waals surface area contributed by atoms with Gasteiger partial charge in [0.25, 0.3) is 0 Å². The molecule has 0 spiro atoms. The molecule has 0 saturated heterocycles. The lowest BCUT2D eigenvalue weighted by atomic mass is 10.1. The molecule has 6 heteroatoms. The van der Waals surface area contributed by atoms with E-state index in [2.05, 4.69) is 66.0 Å². The molecule has 2 N–H and O–H groups in total. The summed E-state index contributed by atoms with van der Waals surface area (Å²) in [7, 11) is 0. The van der Waals surface area contributed by atoms with Gasteiger partial charge in [-0.2, -0.15) is 0 Å². The SMILES string of the molecule is CC[C@@H](C)N(C(=O)NCCCCCCNC(=O)N([C@@H](C)CC)[C@@H](C)CC)[C@H](C)CC. The molecule has 0 radical (unpaired) electrons. The number of hydrogen-bond donors (Lipinski definition) is 2. The van der Waals surface area contributed by atoms with E-state index in [0.29, 0.717) is 13.1 Å². The molecule has 0 rings (SSSR count). The van der Waals surface area contributed by atoms with Crippen molar-refractivity contribution >= 4 is 12.1 Å². The molecule has 0 fully saturated rings. The van der Waals surface area contributed by atoms with Crippen LogP contribution in [0.25, 0.3) is 0 Å². The van der Waals surface area contributed by atoms with Crippen LogP contribution >= 0.6 is 0 Å². The second-order valence-corrected chi connectivity index (χ2v) is 8.72. The molecule has 0 bridgehead atoms. The van der Waals surface area contributed by atoms with Crippen LogP contribution in [0.2, 0.25) is 0 Å². The van der Waals surface area contributed by atoms with Crippen LogP contribution in [0.3, 0.4) is 0 Å². The maximum atomic E-state index is 12.5. The molecule has 6 nitrogen and oxygen atoms in total. The Labute approximate surface area is 186 Å². The Bertz CT molecular complexity index is 410. The maximum Gasteiger partial charge on any atom is 0.317 e. The third-order valence-corrected chi connectivity index (χ3v) is 6.39. The first-order valence-electron chi connectivity index (χ1n) is 12.4. The fourth-order valence-corrected chi connectivity index (χ4v) is 3.63. The summed E-state index contributed by atoms with van der Waals surface area (Å²) < 4.78 is 0. The van der Waals surface area contributed by atoms with Gasteiger partial charge in [0, 0.05) is 37.3 Å². The summed E-state index contributed by atoms with van der Waals surface area (Å²) in [6.07, 6.45) is 7.93. The topological polar surface area (TPSA) is 64.7 Å². The molecule has 4 amide bonds. The van der Waals surface area contributed by atoms with Gasteiger partial charge in [0.15, 0.2) is 0 Å². The fourth-order valence-electron chi connectivity index (χ4n) is 3.63. The highest BCUT2D eigenvalue weighted by Crippen LogP contribution is 2.13. The Kier molecular flexibility index (Phi) is 15.5. The summed E-state index contributed by atoms with van der Waals surface area (Å²) in [6, 6.07) is 1.15. The molecule has 4 atom stereocenters. The first kappa shape index (κ1) is 28.5. The van der Waals surface area contributed by atoms with Crippen molar-refractivity contribution in [3.8, 4) is 0 Å². The van der Waals surface area contributed by atoms with E-state index in [1.165, 1.54) is 0 Å². The van der Waals surface area contributed by atoms with E-state index >= 15 is 0 Å². The van der Waals surface area contributed by atoms with Crippen LogP contribution in [0.15, 0.2) is 0 Å². The molecule has 0 heterocycles. The Morgan fingerprint density at radius 3 is 1.07 bits per heavy atom. The van der Waals surface area contributed by atoms with Gasteiger partial charge < -0.3 is 20.4 Å². The average molecular weight is 427 g/mol. The highest BCUT2D eigenvalue weighted by atomic mass is 16.2. The van der Waals surface area contributed by atoms with E-state index in [-0.39, 0.29) is 36.2 Å². The van der Waals surface area contributed by atoms with Crippen LogP contribution in [0.1, 0.15) is 107 Å². The highest BCUT2D eigenvalue weighted by Gasteiger charge is 2.24. The zero-order valence-corrected chi connectivity index (χ0v) is 21.1. The first-order chi connectivity index (χ1) is 14.2. The molecular weight excluding hydrogens is 376 g/mol. The Balaban J connectivity index is 4.11. The van der Waals surface area contributed by atoms with Crippen molar-refractivity contribution in [2.75, 3.05) is 13.1 Å². The molecule has 0 saturated carbocycles. The summed E-state index contributed by atoms with van der Waals surface area (Å²) in [5.74, 6) is 0. The third-order valence-electron chi connectivity index (χ3n) is 6.39. The van der Waals surface area contributed by atoms with Gasteiger partial charge in [-0.3, -0.25) is 0 Å². The lowest BCUT2D eigenvalue weighted by molar-refractivity contribution is 0.149. The van der Waals surface area contributed by atoms with Crippen LogP contribution in [-0.4, -0.2) is 59.1 Å². The van der Waals surface area contributed by atoms with Crippen molar-refractivity contribution in [3.63, 3.8) is 0 Å². The number of rotatable bonds is 15. The Hall–Kier alpha value is -1.46. The maximum absolute atomic E-state index is 12.5. The molecule has 30 heavy (non-hydrogen) atoms. The van der Waals surface area contributed by atoms with Gasteiger partial charge in [0.05, 0.1) is 0 Å². The van der Waals surface area contributed by atoms with E-state index in [0.717, 1.165) is 51.4 Å². The standard InChI is InChI=1S/C24H50N4O2/c1-9-19(5)27(20(6)10-2)23(29)25-17-15-13-14-16-18-26-24(30)28(21(7)11-3)22(8)12-4/h19-22H,9-18H2,1-8H3,(H,25,29)(H,26,30)/t19-,20-,21+,22+. The smallest absolute Gasteiger partial charge is 0.317 e. The van der Waals surface area contributed by atoms with Crippen LogP contribution in [0.5, 0.6) is 0 Å². The van der Waals surface area contributed by atoms with Crippen LogP contribution < -0.4 is 10.6 Å². The number of urea groups is 2. The van der Waals surface area contributed by atoms with Crippen LogP contribution in [0.4, 0.5) is 9.59 Å². The van der Waals surface area contributed by atoms with Gasteiger partial charge in [-0.05, 0) is 66.2 Å². The van der Waals surface area contributed by atoms with Gasteiger partial charge >= 0.3 is 12.1 Å². The zero-order valence-electron chi connectivity index (χ0n) is 21.1. The zero-order chi connectivity index (χ0) is 23.1. The van der Waals surface area contributed by atoms with Gasteiger partial charge in [0.2, 0.25) is 0 Å². The predicted molar refractivity (Wildman–Crippen MR) is 128 cm³/mol. The molecule has 0 aliphatic heterocycles. The molecular formula is C24H50N4O2. The minimum absolute atomic E-state index is 0.0566. The molecule has 0 unspecified atom stereocenters. The molecule has 0 aliphatic carbocycles. The van der Waals surface area contributed by atoms with Crippen molar-refractivity contribution in [3.05, 3.63) is 0 Å². The van der Waals surface area contributed by atoms with E-state index < -0.39 is 0 Å². The van der Waals surface area contributed by atoms with E-state index in [1.54, 1.807) is 0 Å². The summed E-state index contributed by atoms with van der Waals surface area (Å²) >= 11 is 0. The van der Waals surface area contributed by atoms with Crippen LogP contribution in [-0.2, 0) is 0 Å². The van der Waals surface area contributed by atoms with Crippen molar-refractivity contribution in [1.29, 1.82) is 0 Å². The van der Waals surface area contributed by atoms with Gasteiger partial charge in [-0.15, -0.1) is 0 Å². The lowest BCUT2D eigenvalue weighted by Gasteiger charge is -2.34. The number of unbranched alkanes of at least 4 members (excludes halogenated alkanes) is 3. The van der Waals surface area contributed by atoms with Crippen molar-refractivity contribution in [2.45, 2.75) is 131 Å². The van der Waals surface area contributed by atoms with Crippen molar-refractivity contribution in [1.82, 2.24) is 20.4 Å². The number of nitrogens with one attached hydrogen (secondary N) is 2. The predicted octanol–water partition coefficient (Wildman–Crippen LogP) is 5.76. The minimum atomic E-state index is 0.0566. The number of amides is 4. The highest BCUT2D eigenvalue weighted by molar-refractivity contribution is 5.75. The van der Waals surface area contributed by atoms with Gasteiger partial charge in [0.1, 0.15) is 0 Å². The van der Waals surface area contributed by atoms with E-state index in [9.17, 15) is 9.59 Å². The molecule has 0 aromatic carbocycles. The molecule has 0 aliphatic rings. The molecule has 0 aromatic rings. The Morgan fingerprint density at radius 1 is 0.567 bits per heavy atom. The van der Waals surface area contributed by atoms with Crippen molar-refractivity contribution in [2.24, 2.45) is 0 Å². The summed E-state index contributed by atoms with van der Waals surface area (Å²) in [5, 5.41) is 6.17. The number of hydrogen-bond acceptors (Lipinski definition) is 2. The summed E-state index contributed by atoms with van der Waals surface area (Å²) in [5.41, 5.74) is 0. The summed E-state index contributed by atoms with van der Waals surface area (Å²) in [6.45, 7) is 18.4. The largest absolute Gasteiger partial charge is 0.338 e. The van der Waals surface area contributed by atoms with Crippen molar-refractivity contribution < 1.29 is 9.59 Å². The second-order valence-electron chi connectivity index (χ2n) is 8.72. The quantitative estimate of drug-likeness (QED) is 0.327. The average Bonchev–Trinajstić information content (AvgIpc) is 2.74. The minimum Gasteiger partial charge on any atom is -0.338 e. The normalized spacial score (nSPS) is 15.1. The second kappa shape index (κ2) is 16.3. The number of carbonyl (C=O) groups excluding carboxylic acids is 2. The number of carbonyl (C=O) groups is 2. The fraction of sp³-hybridized carbons (Fsp3) is 0.917. The lowest BCUT2D eigenvalue weighted by Crippen LogP contribution is -2.49. The van der Waals surface area contributed by atoms with Gasteiger partial charge in [-0.25, -0.2) is 9.59 Å². The van der Waals surface area contributed by atoms with Crippen LogP contribution in [0, 0.1) is 0 Å². The number of nitrogens with zero attached hydrogens (tertiary/aromatic N) is 2. The third kappa shape index (κ3) is 10.0. The monoisotopic (exact) mass is 426 g/mol. The van der Waals surface area contributed by atoms with Gasteiger partial charge in [-0.1, -0.05) is 40.5 Å². The molecule has 178 valence electrons. The van der Waals surface area contributed by atoms with E-state index in [1.807, 2.05) is 9.80 Å². The van der Waals surface area contributed by atoms with E-state index in [4.69, 9.17) is 0 Å². The first-order valence-corrected chi connectivity index (χ1v) is 12.4. The summed E-state index contributed by atoms with van der Waals surface area (Å²) in [4.78, 5) is 29.0.